The summed E-state index contributed by atoms with van der Waals surface area (Å²) in [5.41, 5.74) is 0. The van der Waals surface area contributed by atoms with Crippen molar-refractivity contribution in [3.05, 3.63) is 48.5 Å². The van der Waals surface area contributed by atoms with E-state index >= 15 is 0 Å². The highest BCUT2D eigenvalue weighted by atomic mass is 32.2. The molecule has 0 aliphatic heterocycles. The fourth-order valence-electron chi connectivity index (χ4n) is 2.42. The van der Waals surface area contributed by atoms with E-state index in [-0.39, 0.29) is 35.8 Å². The SMILES string of the molecule is O=S(=O)([O-])CCCOc1ccc(S(=O)(=O)c2ccc(OCCCS(=O)(=O)[O-])cc2)cc1. The molecule has 0 aliphatic carbocycles. The summed E-state index contributed by atoms with van der Waals surface area (Å²) in [6, 6.07) is 11.0. The summed E-state index contributed by atoms with van der Waals surface area (Å²) in [6.45, 7) is -0.00838. The molecule has 172 valence electrons. The van der Waals surface area contributed by atoms with Gasteiger partial charge in [-0.3, -0.25) is 0 Å². The lowest BCUT2D eigenvalue weighted by Crippen LogP contribution is -2.09. The van der Waals surface area contributed by atoms with Gasteiger partial charge in [0, 0.05) is 11.5 Å². The van der Waals surface area contributed by atoms with Crippen molar-refractivity contribution < 1.29 is 43.8 Å². The second-order valence-corrected chi connectivity index (χ2v) is 11.4. The first-order chi connectivity index (χ1) is 14.4. The normalized spacial score (nSPS) is 12.5. The third-order valence-corrected chi connectivity index (χ3v) is 7.25. The highest BCUT2D eigenvalue weighted by molar-refractivity contribution is 7.91. The van der Waals surface area contributed by atoms with E-state index in [4.69, 9.17) is 9.47 Å². The van der Waals surface area contributed by atoms with Gasteiger partial charge in [-0.2, -0.15) is 0 Å². The van der Waals surface area contributed by atoms with Crippen LogP contribution in [0.15, 0.2) is 58.3 Å². The standard InChI is InChI=1S/C18H22O10S3/c19-29(20,21)13-1-11-27-15-3-7-17(8-4-15)31(25,26)18-9-5-16(6-10-18)28-12-2-14-30(22,23)24/h3-10H,1-2,11-14H2,(H,19,20,21)(H,22,23,24)/p-2. The van der Waals surface area contributed by atoms with Crippen LogP contribution in [-0.2, 0) is 30.1 Å². The van der Waals surface area contributed by atoms with Gasteiger partial charge in [-0.15, -0.1) is 0 Å². The van der Waals surface area contributed by atoms with Crippen molar-refractivity contribution in [2.24, 2.45) is 0 Å². The fourth-order valence-corrected chi connectivity index (χ4v) is 4.62. The van der Waals surface area contributed by atoms with Crippen LogP contribution in [0.5, 0.6) is 11.5 Å². The lowest BCUT2D eigenvalue weighted by atomic mass is 10.3. The van der Waals surface area contributed by atoms with Crippen LogP contribution in [0.3, 0.4) is 0 Å². The smallest absolute Gasteiger partial charge is 0.206 e. The second-order valence-electron chi connectivity index (χ2n) is 6.37. The van der Waals surface area contributed by atoms with Gasteiger partial charge in [-0.1, -0.05) is 0 Å². The van der Waals surface area contributed by atoms with Crippen LogP contribution in [0, 0.1) is 0 Å². The molecule has 0 saturated heterocycles. The van der Waals surface area contributed by atoms with Gasteiger partial charge in [0.2, 0.25) is 9.84 Å². The molecular formula is C18H20O10S3-2. The van der Waals surface area contributed by atoms with Crippen molar-refractivity contribution in [3.8, 4) is 11.5 Å². The zero-order chi connectivity index (χ0) is 23.1. The van der Waals surface area contributed by atoms with Crippen molar-refractivity contribution in [1.29, 1.82) is 0 Å². The molecule has 2 aromatic rings. The lowest BCUT2D eigenvalue weighted by molar-refractivity contribution is 0.315. The molecule has 31 heavy (non-hydrogen) atoms. The Kier molecular flexibility index (Phi) is 8.42. The van der Waals surface area contributed by atoms with Crippen molar-refractivity contribution in [2.45, 2.75) is 22.6 Å². The maximum Gasteiger partial charge on any atom is 0.206 e. The molecule has 0 saturated carbocycles. The fraction of sp³-hybridized carbons (Fsp3) is 0.333. The number of hydrogen-bond acceptors (Lipinski definition) is 10. The average Bonchev–Trinajstić information content (AvgIpc) is 2.68. The van der Waals surface area contributed by atoms with E-state index in [1.54, 1.807) is 0 Å². The van der Waals surface area contributed by atoms with E-state index in [1.165, 1.54) is 48.5 Å². The molecule has 0 unspecified atom stereocenters. The average molecular weight is 493 g/mol. The summed E-state index contributed by atoms with van der Waals surface area (Å²) >= 11 is 0. The Bertz CT molecular complexity index is 1080. The number of benzene rings is 2. The third kappa shape index (κ3) is 8.83. The number of hydrogen-bond donors (Lipinski definition) is 0. The summed E-state index contributed by atoms with van der Waals surface area (Å²) < 4.78 is 99.2. The molecule has 0 bridgehead atoms. The van der Waals surface area contributed by atoms with Gasteiger partial charge >= 0.3 is 0 Å². The van der Waals surface area contributed by atoms with E-state index in [0.29, 0.717) is 11.5 Å². The molecule has 0 heterocycles. The van der Waals surface area contributed by atoms with E-state index < -0.39 is 41.6 Å². The summed E-state index contributed by atoms with van der Waals surface area (Å²) in [5, 5.41) is 0. The van der Waals surface area contributed by atoms with Gasteiger partial charge in [-0.05, 0) is 61.4 Å². The zero-order valence-electron chi connectivity index (χ0n) is 16.2. The summed E-state index contributed by atoms with van der Waals surface area (Å²) in [6.07, 6.45) is 0.0417. The van der Waals surface area contributed by atoms with Crippen LogP contribution >= 0.6 is 0 Å². The maximum atomic E-state index is 12.7. The van der Waals surface area contributed by atoms with Crippen molar-refractivity contribution >= 4 is 30.1 Å². The largest absolute Gasteiger partial charge is 0.748 e. The first kappa shape index (κ1) is 25.1. The van der Waals surface area contributed by atoms with Crippen LogP contribution in [-0.4, -0.2) is 59.1 Å². The predicted molar refractivity (Wildman–Crippen MR) is 108 cm³/mol. The van der Waals surface area contributed by atoms with Crippen LogP contribution in [0.2, 0.25) is 0 Å². The number of rotatable bonds is 12. The Hall–Kier alpha value is -2.19. The molecular weight excluding hydrogens is 472 g/mol. The zero-order valence-corrected chi connectivity index (χ0v) is 18.6. The molecule has 2 rings (SSSR count). The van der Waals surface area contributed by atoms with Gasteiger partial charge in [0.1, 0.15) is 11.5 Å². The molecule has 0 radical (unpaired) electrons. The molecule has 0 atom stereocenters. The van der Waals surface area contributed by atoms with E-state index in [2.05, 4.69) is 0 Å². The summed E-state index contributed by atoms with van der Waals surface area (Å²) in [7, 11) is -12.4. The number of ether oxygens (including phenoxy) is 2. The number of sulfone groups is 1. The van der Waals surface area contributed by atoms with Crippen molar-refractivity contribution in [3.63, 3.8) is 0 Å². The Morgan fingerprint density at radius 2 is 0.903 bits per heavy atom. The first-order valence-electron chi connectivity index (χ1n) is 8.95. The van der Waals surface area contributed by atoms with Gasteiger partial charge < -0.3 is 18.6 Å². The van der Waals surface area contributed by atoms with Crippen LogP contribution in [0.1, 0.15) is 12.8 Å². The molecule has 0 aliphatic rings. The Morgan fingerprint density at radius 3 is 1.19 bits per heavy atom. The Labute approximate surface area is 181 Å². The molecule has 10 nitrogen and oxygen atoms in total. The van der Waals surface area contributed by atoms with Crippen LogP contribution < -0.4 is 9.47 Å². The van der Waals surface area contributed by atoms with Gasteiger partial charge in [0.25, 0.3) is 0 Å². The third-order valence-electron chi connectivity index (χ3n) is 3.88. The highest BCUT2D eigenvalue weighted by Gasteiger charge is 2.17. The Morgan fingerprint density at radius 1 is 0.581 bits per heavy atom. The lowest BCUT2D eigenvalue weighted by Gasteiger charge is -2.10. The van der Waals surface area contributed by atoms with Gasteiger partial charge in [0.15, 0.2) is 0 Å². The van der Waals surface area contributed by atoms with E-state index in [1.807, 2.05) is 0 Å². The second kappa shape index (κ2) is 10.4. The van der Waals surface area contributed by atoms with Gasteiger partial charge in [0.05, 0.1) is 43.2 Å². The van der Waals surface area contributed by atoms with Crippen LogP contribution in [0.4, 0.5) is 0 Å². The van der Waals surface area contributed by atoms with E-state index in [9.17, 15) is 34.4 Å². The molecule has 0 amide bonds. The van der Waals surface area contributed by atoms with Gasteiger partial charge in [-0.25, -0.2) is 25.3 Å². The minimum absolute atomic E-state index is 0.00419. The Balaban J connectivity index is 1.95. The van der Waals surface area contributed by atoms with E-state index in [0.717, 1.165) is 0 Å². The molecule has 0 N–H and O–H groups in total. The maximum absolute atomic E-state index is 12.7. The first-order valence-corrected chi connectivity index (χ1v) is 13.6. The highest BCUT2D eigenvalue weighted by Crippen LogP contribution is 2.25. The van der Waals surface area contributed by atoms with Crippen molar-refractivity contribution in [1.82, 2.24) is 0 Å². The molecule has 0 fully saturated rings. The predicted octanol–water partition coefficient (Wildman–Crippen LogP) is 1.15. The minimum Gasteiger partial charge on any atom is -0.748 e. The molecule has 0 spiro atoms. The van der Waals surface area contributed by atoms with Crippen molar-refractivity contribution in [2.75, 3.05) is 24.7 Å². The van der Waals surface area contributed by atoms with Crippen LogP contribution in [0.25, 0.3) is 0 Å². The molecule has 0 aromatic heterocycles. The molecule has 2 aromatic carbocycles. The molecule has 13 heteroatoms. The monoisotopic (exact) mass is 492 g/mol. The minimum atomic E-state index is -4.31. The summed E-state index contributed by atoms with van der Waals surface area (Å²) in [5.74, 6) is -0.439. The topological polar surface area (TPSA) is 167 Å². The summed E-state index contributed by atoms with van der Waals surface area (Å²) in [4.78, 5) is 0.0209. The quantitative estimate of drug-likeness (QED) is 0.309.